The van der Waals surface area contributed by atoms with Crippen LogP contribution in [0.1, 0.15) is 56.9 Å². The second-order valence-electron chi connectivity index (χ2n) is 6.36. The number of carbonyl (C=O) groups excluding carboxylic acids is 1. The summed E-state index contributed by atoms with van der Waals surface area (Å²) in [5, 5.41) is 0. The molecule has 0 radical (unpaired) electrons. The average molecular weight is 288 g/mol. The zero-order chi connectivity index (χ0) is 14.7. The lowest BCUT2D eigenvalue weighted by Gasteiger charge is -2.31. The normalized spacial score (nSPS) is 25.4. The van der Waals surface area contributed by atoms with Gasteiger partial charge in [-0.15, -0.1) is 0 Å². The van der Waals surface area contributed by atoms with E-state index in [0.29, 0.717) is 5.92 Å². The molecule has 3 rings (SSSR count). The molecule has 0 amide bonds. The number of rotatable bonds is 5. The number of carbonyl (C=O) groups is 1. The van der Waals surface area contributed by atoms with E-state index in [1.165, 1.54) is 31.7 Å². The third-order valence-corrected chi connectivity index (χ3v) is 4.51. The number of ether oxygens (including phenoxy) is 2. The second-order valence-corrected chi connectivity index (χ2v) is 6.36. The highest BCUT2D eigenvalue weighted by Gasteiger charge is 2.29. The second kappa shape index (κ2) is 6.50. The van der Waals surface area contributed by atoms with Gasteiger partial charge in [0.05, 0.1) is 6.61 Å². The zero-order valence-corrected chi connectivity index (χ0v) is 12.7. The molecule has 2 aliphatic rings. The van der Waals surface area contributed by atoms with Crippen LogP contribution in [0.25, 0.3) is 0 Å². The molecule has 1 aromatic rings. The van der Waals surface area contributed by atoms with Gasteiger partial charge >= 0.3 is 5.97 Å². The van der Waals surface area contributed by atoms with E-state index in [0.717, 1.165) is 37.5 Å². The third kappa shape index (κ3) is 3.99. The molecule has 3 nitrogen and oxygen atoms in total. The Morgan fingerprint density at radius 2 is 1.81 bits per heavy atom. The SMILES string of the molecule is CC(=O)OC1CCCCC1c1ccc(OCC2CC2)cc1. The summed E-state index contributed by atoms with van der Waals surface area (Å²) in [6.07, 6.45) is 7.09. The number of esters is 1. The summed E-state index contributed by atoms with van der Waals surface area (Å²) < 4.78 is 11.3. The minimum Gasteiger partial charge on any atom is -0.493 e. The lowest BCUT2D eigenvalue weighted by atomic mass is 9.81. The highest BCUT2D eigenvalue weighted by molar-refractivity contribution is 5.66. The van der Waals surface area contributed by atoms with Gasteiger partial charge in [0.25, 0.3) is 0 Å². The van der Waals surface area contributed by atoms with Crippen molar-refractivity contribution in [3.63, 3.8) is 0 Å². The first kappa shape index (κ1) is 14.4. The standard InChI is InChI=1S/C18H24O3/c1-13(19)21-18-5-3-2-4-17(18)15-8-10-16(11-9-15)20-12-14-6-7-14/h8-11,14,17-18H,2-7,12H2,1H3. The van der Waals surface area contributed by atoms with Gasteiger partial charge < -0.3 is 9.47 Å². The van der Waals surface area contributed by atoms with Crippen molar-refractivity contribution in [3.05, 3.63) is 29.8 Å². The van der Waals surface area contributed by atoms with Crippen molar-refractivity contribution in [2.45, 2.75) is 57.5 Å². The van der Waals surface area contributed by atoms with Crippen molar-refractivity contribution in [3.8, 4) is 5.75 Å². The van der Waals surface area contributed by atoms with Crippen LogP contribution in [0.4, 0.5) is 0 Å². The molecule has 0 heterocycles. The van der Waals surface area contributed by atoms with E-state index in [-0.39, 0.29) is 12.1 Å². The summed E-state index contributed by atoms with van der Waals surface area (Å²) in [6, 6.07) is 8.37. The van der Waals surface area contributed by atoms with E-state index in [1.807, 2.05) is 0 Å². The molecule has 2 aliphatic carbocycles. The van der Waals surface area contributed by atoms with E-state index in [1.54, 1.807) is 0 Å². The fourth-order valence-corrected chi connectivity index (χ4v) is 3.14. The lowest BCUT2D eigenvalue weighted by Crippen LogP contribution is -2.27. The Bertz CT molecular complexity index is 476. The van der Waals surface area contributed by atoms with Crippen molar-refractivity contribution < 1.29 is 14.3 Å². The number of benzene rings is 1. The van der Waals surface area contributed by atoms with Crippen LogP contribution in [-0.2, 0) is 9.53 Å². The Labute approximate surface area is 126 Å². The Hall–Kier alpha value is -1.51. The van der Waals surface area contributed by atoms with Gasteiger partial charge in [0.2, 0.25) is 0 Å². The van der Waals surface area contributed by atoms with Gasteiger partial charge in [0.1, 0.15) is 11.9 Å². The highest BCUT2D eigenvalue weighted by Crippen LogP contribution is 2.36. The minimum absolute atomic E-state index is 0.0366. The van der Waals surface area contributed by atoms with Gasteiger partial charge in [0, 0.05) is 12.8 Å². The smallest absolute Gasteiger partial charge is 0.302 e. The monoisotopic (exact) mass is 288 g/mol. The van der Waals surface area contributed by atoms with Crippen LogP contribution < -0.4 is 4.74 Å². The summed E-state index contributed by atoms with van der Waals surface area (Å²) in [5.41, 5.74) is 1.26. The van der Waals surface area contributed by atoms with Crippen molar-refractivity contribution in [1.82, 2.24) is 0 Å². The van der Waals surface area contributed by atoms with Crippen molar-refractivity contribution in [2.75, 3.05) is 6.61 Å². The molecule has 114 valence electrons. The van der Waals surface area contributed by atoms with Gasteiger partial charge in [0.15, 0.2) is 0 Å². The molecule has 0 bridgehead atoms. The van der Waals surface area contributed by atoms with Crippen LogP contribution in [0, 0.1) is 5.92 Å². The van der Waals surface area contributed by atoms with E-state index in [9.17, 15) is 4.79 Å². The van der Waals surface area contributed by atoms with Gasteiger partial charge in [-0.2, -0.15) is 0 Å². The molecule has 3 heteroatoms. The van der Waals surface area contributed by atoms with Gasteiger partial charge in [-0.05, 0) is 55.7 Å². The number of hydrogen-bond donors (Lipinski definition) is 0. The van der Waals surface area contributed by atoms with Gasteiger partial charge in [-0.25, -0.2) is 0 Å². The predicted molar refractivity (Wildman–Crippen MR) is 81.4 cm³/mol. The average Bonchev–Trinajstić information content (AvgIpc) is 3.30. The van der Waals surface area contributed by atoms with Crippen molar-refractivity contribution in [2.24, 2.45) is 5.92 Å². The largest absolute Gasteiger partial charge is 0.493 e. The van der Waals surface area contributed by atoms with Crippen LogP contribution in [0.15, 0.2) is 24.3 Å². The molecule has 2 saturated carbocycles. The van der Waals surface area contributed by atoms with E-state index in [2.05, 4.69) is 24.3 Å². The maximum atomic E-state index is 11.3. The first-order valence-electron chi connectivity index (χ1n) is 8.12. The lowest BCUT2D eigenvalue weighted by molar-refractivity contribution is -0.148. The van der Waals surface area contributed by atoms with Crippen LogP contribution >= 0.6 is 0 Å². The van der Waals surface area contributed by atoms with Crippen LogP contribution in [0.3, 0.4) is 0 Å². The molecule has 2 unspecified atom stereocenters. The number of hydrogen-bond acceptors (Lipinski definition) is 3. The summed E-state index contributed by atoms with van der Waals surface area (Å²) in [5.74, 6) is 1.89. The molecule has 0 aliphatic heterocycles. The quantitative estimate of drug-likeness (QED) is 0.766. The first-order chi connectivity index (χ1) is 10.2. The zero-order valence-electron chi connectivity index (χ0n) is 12.7. The van der Waals surface area contributed by atoms with Crippen LogP contribution in [-0.4, -0.2) is 18.7 Å². The fourth-order valence-electron chi connectivity index (χ4n) is 3.14. The Morgan fingerprint density at radius 3 is 2.48 bits per heavy atom. The Morgan fingerprint density at radius 1 is 1.10 bits per heavy atom. The van der Waals surface area contributed by atoms with E-state index >= 15 is 0 Å². The fraction of sp³-hybridized carbons (Fsp3) is 0.611. The van der Waals surface area contributed by atoms with Crippen LogP contribution in [0.5, 0.6) is 5.75 Å². The summed E-state index contributed by atoms with van der Waals surface area (Å²) in [6.45, 7) is 2.35. The maximum absolute atomic E-state index is 11.3. The molecule has 21 heavy (non-hydrogen) atoms. The van der Waals surface area contributed by atoms with Crippen molar-refractivity contribution >= 4 is 5.97 Å². The summed E-state index contributed by atoms with van der Waals surface area (Å²) >= 11 is 0. The molecule has 0 saturated heterocycles. The molecular formula is C18H24O3. The van der Waals surface area contributed by atoms with Crippen molar-refractivity contribution in [1.29, 1.82) is 0 Å². The van der Waals surface area contributed by atoms with Gasteiger partial charge in [-0.1, -0.05) is 18.6 Å². The molecule has 2 fully saturated rings. The third-order valence-electron chi connectivity index (χ3n) is 4.51. The maximum Gasteiger partial charge on any atom is 0.302 e. The molecule has 2 atom stereocenters. The summed E-state index contributed by atoms with van der Waals surface area (Å²) in [4.78, 5) is 11.3. The van der Waals surface area contributed by atoms with Crippen LogP contribution in [0.2, 0.25) is 0 Å². The minimum atomic E-state index is -0.170. The molecule has 0 spiro atoms. The summed E-state index contributed by atoms with van der Waals surface area (Å²) in [7, 11) is 0. The molecule has 0 aromatic heterocycles. The van der Waals surface area contributed by atoms with Gasteiger partial charge in [-0.3, -0.25) is 4.79 Å². The predicted octanol–water partition coefficient (Wildman–Crippen LogP) is 4.06. The highest BCUT2D eigenvalue weighted by atomic mass is 16.5. The topological polar surface area (TPSA) is 35.5 Å². The molecular weight excluding hydrogens is 264 g/mol. The van der Waals surface area contributed by atoms with E-state index in [4.69, 9.17) is 9.47 Å². The molecule has 0 N–H and O–H groups in total. The first-order valence-corrected chi connectivity index (χ1v) is 8.12. The Balaban J connectivity index is 1.64. The molecule has 1 aromatic carbocycles. The van der Waals surface area contributed by atoms with E-state index < -0.39 is 0 Å². The Kier molecular flexibility index (Phi) is 4.47.